The summed E-state index contributed by atoms with van der Waals surface area (Å²) in [5, 5.41) is 1.93. The van der Waals surface area contributed by atoms with Gasteiger partial charge in [-0.15, -0.1) is 0 Å². The van der Waals surface area contributed by atoms with Gasteiger partial charge in [0.05, 0.1) is 0 Å². The second-order valence-electron chi connectivity index (χ2n) is 4.25. The Hall–Kier alpha value is -0.120. The topological polar surface area (TPSA) is 32.5 Å². The molecule has 0 aliphatic carbocycles. The molecule has 2 aliphatic heterocycles. The van der Waals surface area contributed by atoms with Crippen LogP contribution in [-0.4, -0.2) is 43.1 Å². The number of piperidine rings is 1. The van der Waals surface area contributed by atoms with E-state index in [0.29, 0.717) is 5.41 Å². The van der Waals surface area contributed by atoms with Crippen molar-refractivity contribution in [2.24, 2.45) is 11.3 Å². The summed E-state index contributed by atoms with van der Waals surface area (Å²) in [6.45, 7) is 4.74. The highest BCUT2D eigenvalue weighted by Crippen LogP contribution is 2.36. The third-order valence-corrected chi connectivity index (χ3v) is 2.93. The number of rotatable bonds is 0. The van der Waals surface area contributed by atoms with Gasteiger partial charge in [0.2, 0.25) is 0 Å². The second-order valence-corrected chi connectivity index (χ2v) is 4.25. The van der Waals surface area contributed by atoms with Crippen molar-refractivity contribution in [1.82, 2.24) is 9.91 Å². The van der Waals surface area contributed by atoms with E-state index < -0.39 is 0 Å². The lowest BCUT2D eigenvalue weighted by Gasteiger charge is -2.52. The van der Waals surface area contributed by atoms with Crippen molar-refractivity contribution in [3.8, 4) is 0 Å². The normalized spacial score (nSPS) is 32.2. The van der Waals surface area contributed by atoms with Gasteiger partial charge in [-0.2, -0.15) is 0 Å². The molecule has 2 aliphatic rings. The smallest absolute Gasteiger partial charge is 0.0210 e. The van der Waals surface area contributed by atoms with Gasteiger partial charge in [0.25, 0.3) is 0 Å². The largest absolute Gasteiger partial charge is 0.306 e. The third-order valence-electron chi connectivity index (χ3n) is 2.93. The number of hydrazine groups is 1. The van der Waals surface area contributed by atoms with Crippen LogP contribution in [0.2, 0.25) is 0 Å². The van der Waals surface area contributed by atoms with Crippen LogP contribution >= 0.6 is 0 Å². The summed E-state index contributed by atoms with van der Waals surface area (Å²) < 4.78 is 0. The molecule has 64 valence electrons. The lowest BCUT2D eigenvalue weighted by molar-refractivity contribution is -0.0488. The first-order valence-electron chi connectivity index (χ1n) is 4.38. The molecular weight excluding hydrogens is 138 g/mol. The van der Waals surface area contributed by atoms with Crippen LogP contribution in [0.5, 0.6) is 0 Å². The lowest BCUT2D eigenvalue weighted by atomic mass is 9.74. The molecule has 2 N–H and O–H groups in total. The zero-order valence-corrected chi connectivity index (χ0v) is 7.21. The molecule has 3 nitrogen and oxygen atoms in total. The van der Waals surface area contributed by atoms with E-state index >= 15 is 0 Å². The van der Waals surface area contributed by atoms with Crippen molar-refractivity contribution in [3.05, 3.63) is 0 Å². The van der Waals surface area contributed by atoms with Gasteiger partial charge in [-0.25, -0.2) is 5.01 Å². The Morgan fingerprint density at radius 1 is 1.27 bits per heavy atom. The van der Waals surface area contributed by atoms with Gasteiger partial charge in [-0.3, -0.25) is 5.84 Å². The first-order valence-corrected chi connectivity index (χ1v) is 4.38. The number of likely N-dealkylation sites (tertiary alicyclic amines) is 1. The third kappa shape index (κ3) is 1.28. The molecule has 0 amide bonds. The molecule has 3 heteroatoms. The number of hydrogen-bond acceptors (Lipinski definition) is 3. The highest BCUT2D eigenvalue weighted by Gasteiger charge is 2.43. The standard InChI is InChI=1S/C8H17N3/c1-10-4-2-3-8(5-10)6-11(9)7-8/h2-7,9H2,1H3. The summed E-state index contributed by atoms with van der Waals surface area (Å²) in [6.07, 6.45) is 2.73. The van der Waals surface area contributed by atoms with E-state index in [1.54, 1.807) is 0 Å². The van der Waals surface area contributed by atoms with E-state index in [9.17, 15) is 0 Å². The van der Waals surface area contributed by atoms with Gasteiger partial charge >= 0.3 is 0 Å². The summed E-state index contributed by atoms with van der Waals surface area (Å²) in [6, 6.07) is 0. The summed E-state index contributed by atoms with van der Waals surface area (Å²) >= 11 is 0. The fourth-order valence-corrected chi connectivity index (χ4v) is 2.53. The van der Waals surface area contributed by atoms with Gasteiger partial charge in [-0.05, 0) is 26.4 Å². The molecule has 0 saturated carbocycles. The van der Waals surface area contributed by atoms with E-state index in [1.165, 1.54) is 25.9 Å². The van der Waals surface area contributed by atoms with E-state index in [4.69, 9.17) is 5.84 Å². The molecular formula is C8H17N3. The molecule has 0 radical (unpaired) electrons. The Morgan fingerprint density at radius 3 is 2.55 bits per heavy atom. The Bertz CT molecular complexity index is 146. The van der Waals surface area contributed by atoms with Gasteiger partial charge in [-0.1, -0.05) is 0 Å². The van der Waals surface area contributed by atoms with Crippen LogP contribution in [-0.2, 0) is 0 Å². The van der Waals surface area contributed by atoms with Gasteiger partial charge in [0.15, 0.2) is 0 Å². The van der Waals surface area contributed by atoms with Crippen molar-refractivity contribution in [3.63, 3.8) is 0 Å². The molecule has 0 aromatic rings. The van der Waals surface area contributed by atoms with E-state index in [-0.39, 0.29) is 0 Å². The van der Waals surface area contributed by atoms with Crippen LogP contribution in [0.4, 0.5) is 0 Å². The van der Waals surface area contributed by atoms with E-state index in [1.807, 2.05) is 5.01 Å². The Morgan fingerprint density at radius 2 is 2.00 bits per heavy atom. The molecule has 0 unspecified atom stereocenters. The predicted octanol–water partition coefficient (Wildman–Crippen LogP) is -0.112. The maximum absolute atomic E-state index is 5.64. The second kappa shape index (κ2) is 2.44. The number of hydrogen-bond donors (Lipinski definition) is 1. The van der Waals surface area contributed by atoms with Crippen LogP contribution in [0.25, 0.3) is 0 Å². The minimum atomic E-state index is 0.571. The van der Waals surface area contributed by atoms with Crippen molar-refractivity contribution >= 4 is 0 Å². The van der Waals surface area contributed by atoms with Crippen molar-refractivity contribution in [1.29, 1.82) is 0 Å². The molecule has 2 fully saturated rings. The first-order chi connectivity index (χ1) is 5.20. The molecule has 0 aromatic carbocycles. The van der Waals surface area contributed by atoms with Crippen molar-refractivity contribution < 1.29 is 0 Å². The molecule has 11 heavy (non-hydrogen) atoms. The molecule has 0 atom stereocenters. The average molecular weight is 155 g/mol. The summed E-state index contributed by atoms with van der Waals surface area (Å²) in [5.74, 6) is 5.64. The average Bonchev–Trinajstić information content (AvgIpc) is 1.84. The van der Waals surface area contributed by atoms with Gasteiger partial charge in [0.1, 0.15) is 0 Å². The van der Waals surface area contributed by atoms with E-state index in [0.717, 1.165) is 13.1 Å². The van der Waals surface area contributed by atoms with Crippen LogP contribution in [0.3, 0.4) is 0 Å². The number of nitrogens with two attached hydrogens (primary N) is 1. The molecule has 2 rings (SSSR count). The Labute approximate surface area is 68.1 Å². The quantitative estimate of drug-likeness (QED) is 0.495. The maximum atomic E-state index is 5.64. The molecule has 2 heterocycles. The molecule has 1 spiro atoms. The summed E-state index contributed by atoms with van der Waals surface area (Å²) in [7, 11) is 2.21. The van der Waals surface area contributed by atoms with Crippen molar-refractivity contribution in [2.75, 3.05) is 33.2 Å². The fraction of sp³-hybridized carbons (Fsp3) is 1.00. The van der Waals surface area contributed by atoms with Crippen LogP contribution in [0, 0.1) is 5.41 Å². The summed E-state index contributed by atoms with van der Waals surface area (Å²) in [4.78, 5) is 2.43. The Balaban J connectivity index is 1.93. The lowest BCUT2D eigenvalue weighted by Crippen LogP contribution is -2.64. The molecule has 2 saturated heterocycles. The minimum Gasteiger partial charge on any atom is -0.306 e. The number of nitrogens with zero attached hydrogens (tertiary/aromatic N) is 2. The first kappa shape index (κ1) is 7.53. The zero-order chi connectivity index (χ0) is 7.90. The predicted molar refractivity (Wildman–Crippen MR) is 44.9 cm³/mol. The van der Waals surface area contributed by atoms with Gasteiger partial charge < -0.3 is 4.90 Å². The molecule has 0 bridgehead atoms. The van der Waals surface area contributed by atoms with E-state index in [2.05, 4.69) is 11.9 Å². The van der Waals surface area contributed by atoms with Crippen LogP contribution < -0.4 is 5.84 Å². The van der Waals surface area contributed by atoms with Crippen molar-refractivity contribution in [2.45, 2.75) is 12.8 Å². The summed E-state index contributed by atoms with van der Waals surface area (Å²) in [5.41, 5.74) is 0.571. The zero-order valence-electron chi connectivity index (χ0n) is 7.21. The Kier molecular flexibility index (Phi) is 1.67. The van der Waals surface area contributed by atoms with Crippen LogP contribution in [0.15, 0.2) is 0 Å². The maximum Gasteiger partial charge on any atom is 0.0210 e. The van der Waals surface area contributed by atoms with Crippen LogP contribution in [0.1, 0.15) is 12.8 Å². The SMILES string of the molecule is CN1CCCC2(C1)CN(N)C2. The fourth-order valence-electron chi connectivity index (χ4n) is 2.53. The van der Waals surface area contributed by atoms with Gasteiger partial charge in [0, 0.05) is 25.0 Å². The monoisotopic (exact) mass is 155 g/mol. The highest BCUT2D eigenvalue weighted by molar-refractivity contribution is 4.96. The molecule has 0 aromatic heterocycles. The highest BCUT2D eigenvalue weighted by atomic mass is 15.5. The minimum absolute atomic E-state index is 0.571.